The fourth-order valence-corrected chi connectivity index (χ4v) is 2.37. The molecule has 0 spiro atoms. The molecule has 2 aromatic rings. The Labute approximate surface area is 123 Å². The molecule has 8 nitrogen and oxygen atoms in total. The number of ether oxygens (including phenoxy) is 1. The first-order valence-electron chi connectivity index (χ1n) is 6.38. The van der Waals surface area contributed by atoms with E-state index in [1.54, 1.807) is 10.7 Å². The summed E-state index contributed by atoms with van der Waals surface area (Å²) in [6, 6.07) is 0. The summed E-state index contributed by atoms with van der Waals surface area (Å²) in [5, 5.41) is 16.2. The normalized spacial score (nSPS) is 15.8. The molecule has 2 N–H and O–H groups in total. The van der Waals surface area contributed by atoms with Gasteiger partial charge in [-0.3, -0.25) is 0 Å². The van der Waals surface area contributed by atoms with Crippen molar-refractivity contribution in [3.8, 4) is 0 Å². The van der Waals surface area contributed by atoms with Crippen molar-refractivity contribution in [2.75, 3.05) is 49.7 Å². The zero-order valence-corrected chi connectivity index (χ0v) is 12.4. The van der Waals surface area contributed by atoms with E-state index in [4.69, 9.17) is 9.84 Å². The third-order valence-corrected chi connectivity index (χ3v) is 3.56. The van der Waals surface area contributed by atoms with Crippen molar-refractivity contribution in [3.05, 3.63) is 10.7 Å². The Balaban J connectivity index is 2.01. The summed E-state index contributed by atoms with van der Waals surface area (Å²) < 4.78 is 7.76. The Bertz CT molecular complexity index is 598. The summed E-state index contributed by atoms with van der Waals surface area (Å²) in [6.45, 7) is 3.32. The molecule has 0 radical (unpaired) electrons. The maximum atomic E-state index is 8.95. The number of morpholine rings is 1. The smallest absolute Gasteiger partial charge is 0.230 e. The highest BCUT2D eigenvalue weighted by atomic mass is 79.9. The standard InChI is InChI=1S/C11H15BrN6O2/c12-8-7-14-18-9(8)15-11(16-10(18)13-1-4-19)17-2-5-20-6-3-17/h7,19H,1-6H2,(H,13,15,16). The molecule has 0 saturated carbocycles. The van der Waals surface area contributed by atoms with Crippen molar-refractivity contribution in [3.63, 3.8) is 0 Å². The number of halogens is 1. The lowest BCUT2D eigenvalue weighted by Crippen LogP contribution is -2.37. The monoisotopic (exact) mass is 342 g/mol. The number of anilines is 2. The first-order chi connectivity index (χ1) is 9.79. The van der Waals surface area contributed by atoms with Crippen LogP contribution < -0.4 is 10.2 Å². The van der Waals surface area contributed by atoms with Crippen molar-refractivity contribution in [2.24, 2.45) is 0 Å². The highest BCUT2D eigenvalue weighted by molar-refractivity contribution is 9.10. The van der Waals surface area contributed by atoms with Crippen LogP contribution in [0.1, 0.15) is 0 Å². The Morgan fingerprint density at radius 3 is 2.90 bits per heavy atom. The summed E-state index contributed by atoms with van der Waals surface area (Å²) in [5.74, 6) is 1.21. The predicted molar refractivity (Wildman–Crippen MR) is 77.1 cm³/mol. The summed E-state index contributed by atoms with van der Waals surface area (Å²) in [7, 11) is 0. The quantitative estimate of drug-likeness (QED) is 0.816. The molecule has 9 heteroatoms. The molecule has 108 valence electrons. The second-order valence-corrected chi connectivity index (χ2v) is 5.18. The lowest BCUT2D eigenvalue weighted by atomic mass is 10.4. The number of hydrogen-bond donors (Lipinski definition) is 2. The zero-order valence-electron chi connectivity index (χ0n) is 10.8. The molecule has 1 fully saturated rings. The highest BCUT2D eigenvalue weighted by Crippen LogP contribution is 2.21. The van der Waals surface area contributed by atoms with Crippen LogP contribution in [-0.4, -0.2) is 64.1 Å². The van der Waals surface area contributed by atoms with E-state index in [9.17, 15) is 0 Å². The average Bonchev–Trinajstić information content (AvgIpc) is 2.87. The number of aromatic nitrogens is 4. The fourth-order valence-electron chi connectivity index (χ4n) is 2.03. The van der Waals surface area contributed by atoms with Gasteiger partial charge in [0.05, 0.1) is 30.5 Å². The molecule has 0 aliphatic carbocycles. The maximum Gasteiger partial charge on any atom is 0.230 e. The van der Waals surface area contributed by atoms with Gasteiger partial charge in [-0.2, -0.15) is 19.6 Å². The second-order valence-electron chi connectivity index (χ2n) is 4.32. The lowest BCUT2D eigenvalue weighted by molar-refractivity contribution is 0.122. The number of hydrogen-bond acceptors (Lipinski definition) is 7. The van der Waals surface area contributed by atoms with E-state index >= 15 is 0 Å². The largest absolute Gasteiger partial charge is 0.395 e. The van der Waals surface area contributed by atoms with Gasteiger partial charge in [-0.25, -0.2) is 0 Å². The van der Waals surface area contributed by atoms with Crippen LogP contribution in [0.2, 0.25) is 0 Å². The first-order valence-corrected chi connectivity index (χ1v) is 7.17. The van der Waals surface area contributed by atoms with Crippen LogP contribution in [0, 0.1) is 0 Å². The third kappa shape index (κ3) is 2.56. The SMILES string of the molecule is OCCNc1nc(N2CCOCC2)nc2c(Br)cnn12. The van der Waals surface area contributed by atoms with E-state index in [-0.39, 0.29) is 6.61 Å². The van der Waals surface area contributed by atoms with E-state index in [1.165, 1.54) is 0 Å². The van der Waals surface area contributed by atoms with Crippen molar-refractivity contribution in [1.29, 1.82) is 0 Å². The number of aliphatic hydroxyl groups is 1. The first kappa shape index (κ1) is 13.5. The third-order valence-electron chi connectivity index (χ3n) is 3.00. The topological polar surface area (TPSA) is 87.8 Å². The highest BCUT2D eigenvalue weighted by Gasteiger charge is 2.18. The van der Waals surface area contributed by atoms with Crippen LogP contribution in [0.3, 0.4) is 0 Å². The summed E-state index contributed by atoms with van der Waals surface area (Å²) in [5.41, 5.74) is 0.696. The lowest BCUT2D eigenvalue weighted by Gasteiger charge is -2.27. The van der Waals surface area contributed by atoms with Gasteiger partial charge >= 0.3 is 0 Å². The number of aliphatic hydroxyl groups excluding tert-OH is 1. The minimum absolute atomic E-state index is 0.0286. The number of rotatable bonds is 4. The molecule has 3 rings (SSSR count). The van der Waals surface area contributed by atoms with E-state index < -0.39 is 0 Å². The van der Waals surface area contributed by atoms with Crippen LogP contribution in [0.5, 0.6) is 0 Å². The fraction of sp³-hybridized carbons (Fsp3) is 0.545. The molecular weight excluding hydrogens is 328 g/mol. The van der Waals surface area contributed by atoms with Crippen molar-refractivity contribution >= 4 is 33.5 Å². The Morgan fingerprint density at radius 1 is 1.35 bits per heavy atom. The summed E-state index contributed by atoms with van der Waals surface area (Å²) in [4.78, 5) is 11.1. The van der Waals surface area contributed by atoms with Crippen LogP contribution >= 0.6 is 15.9 Å². The molecule has 0 atom stereocenters. The van der Waals surface area contributed by atoms with Gasteiger partial charge in [0.25, 0.3) is 0 Å². The van der Waals surface area contributed by atoms with Gasteiger partial charge in [-0.05, 0) is 15.9 Å². The molecule has 2 aromatic heterocycles. The number of fused-ring (bicyclic) bond motifs is 1. The molecule has 1 aliphatic rings. The molecule has 0 unspecified atom stereocenters. The van der Waals surface area contributed by atoms with Gasteiger partial charge in [0, 0.05) is 19.6 Å². The van der Waals surface area contributed by atoms with Gasteiger partial charge in [-0.15, -0.1) is 0 Å². The molecule has 1 aliphatic heterocycles. The Kier molecular flexibility index (Phi) is 3.99. The average molecular weight is 343 g/mol. The summed E-state index contributed by atoms with van der Waals surface area (Å²) in [6.07, 6.45) is 1.68. The summed E-state index contributed by atoms with van der Waals surface area (Å²) >= 11 is 3.43. The Hall–Kier alpha value is -1.45. The predicted octanol–water partition coefficient (Wildman–Crippen LogP) is 0.128. The van der Waals surface area contributed by atoms with Gasteiger partial charge in [0.15, 0.2) is 5.65 Å². The minimum Gasteiger partial charge on any atom is -0.395 e. The van der Waals surface area contributed by atoms with Gasteiger partial charge in [-0.1, -0.05) is 0 Å². The van der Waals surface area contributed by atoms with Gasteiger partial charge in [0.2, 0.25) is 11.9 Å². The molecule has 20 heavy (non-hydrogen) atoms. The van der Waals surface area contributed by atoms with E-state index in [1.807, 2.05) is 0 Å². The second kappa shape index (κ2) is 5.90. The van der Waals surface area contributed by atoms with Crippen molar-refractivity contribution in [2.45, 2.75) is 0 Å². The Morgan fingerprint density at radius 2 is 2.15 bits per heavy atom. The van der Waals surface area contributed by atoms with Crippen LogP contribution in [0.25, 0.3) is 5.65 Å². The van der Waals surface area contributed by atoms with E-state index in [0.717, 1.165) is 17.6 Å². The number of nitrogens with one attached hydrogen (secondary N) is 1. The number of nitrogens with zero attached hydrogens (tertiary/aromatic N) is 5. The van der Waals surface area contributed by atoms with Crippen molar-refractivity contribution < 1.29 is 9.84 Å². The van der Waals surface area contributed by atoms with Gasteiger partial charge in [0.1, 0.15) is 0 Å². The molecule has 0 bridgehead atoms. The molecule has 1 saturated heterocycles. The van der Waals surface area contributed by atoms with Crippen LogP contribution in [0.4, 0.5) is 11.9 Å². The van der Waals surface area contributed by atoms with Gasteiger partial charge < -0.3 is 20.1 Å². The van der Waals surface area contributed by atoms with Crippen LogP contribution in [-0.2, 0) is 4.74 Å². The minimum atomic E-state index is 0.0286. The zero-order chi connectivity index (χ0) is 13.9. The maximum absolute atomic E-state index is 8.95. The molecular formula is C11H15BrN6O2. The van der Waals surface area contributed by atoms with E-state index in [2.05, 4.69) is 41.2 Å². The molecule has 0 aromatic carbocycles. The van der Waals surface area contributed by atoms with E-state index in [0.29, 0.717) is 37.3 Å². The van der Waals surface area contributed by atoms with Crippen molar-refractivity contribution in [1.82, 2.24) is 19.6 Å². The van der Waals surface area contributed by atoms with Crippen LogP contribution in [0.15, 0.2) is 10.7 Å². The molecule has 0 amide bonds. The molecule has 3 heterocycles.